The third kappa shape index (κ3) is 3.74. The maximum absolute atomic E-state index is 12.5. The summed E-state index contributed by atoms with van der Waals surface area (Å²) in [5, 5.41) is 3.00. The van der Waals surface area contributed by atoms with Crippen molar-refractivity contribution in [3.05, 3.63) is 59.2 Å². The molecule has 5 nitrogen and oxygen atoms in total. The van der Waals surface area contributed by atoms with Gasteiger partial charge in [0.2, 0.25) is 0 Å². The van der Waals surface area contributed by atoms with Gasteiger partial charge in [-0.25, -0.2) is 0 Å². The SMILES string of the molecule is NC(=O)COc1ccc(C(=O)Nc2cccc3c2CCCC3)cc1. The lowest BCUT2D eigenvalue weighted by atomic mass is 9.90. The van der Waals surface area contributed by atoms with Crippen LogP contribution in [0.5, 0.6) is 5.75 Å². The lowest BCUT2D eigenvalue weighted by Gasteiger charge is -2.19. The van der Waals surface area contributed by atoms with Crippen LogP contribution in [-0.4, -0.2) is 18.4 Å². The predicted molar refractivity (Wildman–Crippen MR) is 92.2 cm³/mol. The molecule has 0 fully saturated rings. The van der Waals surface area contributed by atoms with Crippen LogP contribution < -0.4 is 15.8 Å². The number of amides is 2. The van der Waals surface area contributed by atoms with Crippen molar-refractivity contribution in [1.29, 1.82) is 0 Å². The second-order valence-corrected chi connectivity index (χ2v) is 5.88. The summed E-state index contributed by atoms with van der Waals surface area (Å²) in [6, 6.07) is 12.7. The molecule has 1 aliphatic carbocycles. The lowest BCUT2D eigenvalue weighted by molar-refractivity contribution is -0.119. The van der Waals surface area contributed by atoms with Crippen LogP contribution in [0.2, 0.25) is 0 Å². The average molecular weight is 324 g/mol. The van der Waals surface area contributed by atoms with E-state index in [1.54, 1.807) is 24.3 Å². The minimum atomic E-state index is -0.536. The number of nitrogens with two attached hydrogens (primary N) is 1. The molecule has 0 aromatic heterocycles. The van der Waals surface area contributed by atoms with E-state index in [0.717, 1.165) is 24.9 Å². The van der Waals surface area contributed by atoms with Crippen LogP contribution in [0.1, 0.15) is 34.3 Å². The molecule has 0 heterocycles. The zero-order chi connectivity index (χ0) is 16.9. The van der Waals surface area contributed by atoms with Crippen LogP contribution in [0, 0.1) is 0 Å². The fourth-order valence-corrected chi connectivity index (χ4v) is 2.95. The van der Waals surface area contributed by atoms with E-state index in [9.17, 15) is 9.59 Å². The van der Waals surface area contributed by atoms with Crippen molar-refractivity contribution >= 4 is 17.5 Å². The Balaban J connectivity index is 1.70. The first-order valence-electron chi connectivity index (χ1n) is 8.07. The summed E-state index contributed by atoms with van der Waals surface area (Å²) < 4.78 is 5.19. The molecule has 0 bridgehead atoms. The van der Waals surface area contributed by atoms with Crippen molar-refractivity contribution in [2.75, 3.05) is 11.9 Å². The van der Waals surface area contributed by atoms with Gasteiger partial charge in [-0.2, -0.15) is 0 Å². The van der Waals surface area contributed by atoms with Crippen molar-refractivity contribution in [3.8, 4) is 5.75 Å². The van der Waals surface area contributed by atoms with E-state index in [1.807, 2.05) is 12.1 Å². The van der Waals surface area contributed by atoms with Crippen LogP contribution in [0.15, 0.2) is 42.5 Å². The molecule has 0 radical (unpaired) electrons. The minimum absolute atomic E-state index is 0.157. The monoisotopic (exact) mass is 324 g/mol. The zero-order valence-corrected chi connectivity index (χ0v) is 13.4. The number of carbonyl (C=O) groups is 2. The molecule has 24 heavy (non-hydrogen) atoms. The van der Waals surface area contributed by atoms with E-state index in [-0.39, 0.29) is 12.5 Å². The molecule has 0 saturated heterocycles. The van der Waals surface area contributed by atoms with Crippen LogP contribution in [0.25, 0.3) is 0 Å². The largest absolute Gasteiger partial charge is 0.484 e. The topological polar surface area (TPSA) is 81.4 Å². The van der Waals surface area contributed by atoms with Gasteiger partial charge >= 0.3 is 0 Å². The van der Waals surface area contributed by atoms with Crippen molar-refractivity contribution in [3.63, 3.8) is 0 Å². The molecule has 0 spiro atoms. The molecule has 2 amide bonds. The number of hydrogen-bond acceptors (Lipinski definition) is 3. The van der Waals surface area contributed by atoms with Crippen molar-refractivity contribution in [1.82, 2.24) is 0 Å². The molecule has 0 atom stereocenters. The quantitative estimate of drug-likeness (QED) is 0.887. The van der Waals surface area contributed by atoms with E-state index in [1.165, 1.54) is 17.5 Å². The molecule has 2 aromatic carbocycles. The van der Waals surface area contributed by atoms with E-state index < -0.39 is 5.91 Å². The maximum Gasteiger partial charge on any atom is 0.255 e. The number of ether oxygens (including phenoxy) is 1. The maximum atomic E-state index is 12.5. The van der Waals surface area contributed by atoms with E-state index >= 15 is 0 Å². The Morgan fingerprint density at radius 2 is 1.79 bits per heavy atom. The summed E-state index contributed by atoms with van der Waals surface area (Å²) in [4.78, 5) is 23.2. The number of hydrogen-bond donors (Lipinski definition) is 2. The molecule has 0 saturated carbocycles. The van der Waals surface area contributed by atoms with Crippen LogP contribution in [0.4, 0.5) is 5.69 Å². The van der Waals surface area contributed by atoms with Gasteiger partial charge in [-0.1, -0.05) is 12.1 Å². The van der Waals surface area contributed by atoms with Gasteiger partial charge in [0, 0.05) is 11.3 Å². The second kappa shape index (κ2) is 7.17. The summed E-state index contributed by atoms with van der Waals surface area (Å²) in [5.74, 6) is -0.191. The van der Waals surface area contributed by atoms with Gasteiger partial charge < -0.3 is 15.8 Å². The number of fused-ring (bicyclic) bond motifs is 1. The number of aryl methyl sites for hydroxylation is 1. The first kappa shape index (κ1) is 16.1. The summed E-state index contributed by atoms with van der Waals surface area (Å²) in [6.45, 7) is -0.179. The van der Waals surface area contributed by atoms with E-state index in [2.05, 4.69) is 11.4 Å². The third-order valence-corrected chi connectivity index (χ3v) is 4.14. The number of rotatable bonds is 5. The highest BCUT2D eigenvalue weighted by Gasteiger charge is 2.15. The zero-order valence-electron chi connectivity index (χ0n) is 13.4. The smallest absolute Gasteiger partial charge is 0.255 e. The van der Waals surface area contributed by atoms with Gasteiger partial charge in [0.25, 0.3) is 11.8 Å². The molecular formula is C19H20N2O3. The first-order chi connectivity index (χ1) is 11.6. The summed E-state index contributed by atoms with van der Waals surface area (Å²) in [7, 11) is 0. The fourth-order valence-electron chi connectivity index (χ4n) is 2.95. The van der Waals surface area contributed by atoms with Crippen molar-refractivity contribution in [2.45, 2.75) is 25.7 Å². The number of benzene rings is 2. The molecule has 5 heteroatoms. The van der Waals surface area contributed by atoms with Crippen LogP contribution >= 0.6 is 0 Å². The molecule has 1 aliphatic rings. The Morgan fingerprint density at radius 1 is 1.04 bits per heavy atom. The summed E-state index contributed by atoms with van der Waals surface area (Å²) in [5.41, 5.74) is 9.04. The molecule has 2 aromatic rings. The Hall–Kier alpha value is -2.82. The molecular weight excluding hydrogens is 304 g/mol. The highest BCUT2D eigenvalue weighted by Crippen LogP contribution is 2.28. The molecule has 0 unspecified atom stereocenters. The number of anilines is 1. The molecule has 124 valence electrons. The van der Waals surface area contributed by atoms with Crippen molar-refractivity contribution < 1.29 is 14.3 Å². The van der Waals surface area contributed by atoms with Gasteiger partial charge in [-0.15, -0.1) is 0 Å². The fraction of sp³-hybridized carbons (Fsp3) is 0.263. The second-order valence-electron chi connectivity index (χ2n) is 5.88. The van der Waals surface area contributed by atoms with Gasteiger partial charge in [0.15, 0.2) is 6.61 Å². The summed E-state index contributed by atoms with van der Waals surface area (Å²) in [6.07, 6.45) is 4.44. The minimum Gasteiger partial charge on any atom is -0.484 e. The normalized spacial score (nSPS) is 13.0. The Labute approximate surface area is 140 Å². The number of primary amides is 1. The number of nitrogens with one attached hydrogen (secondary N) is 1. The molecule has 0 aliphatic heterocycles. The third-order valence-electron chi connectivity index (χ3n) is 4.14. The van der Waals surface area contributed by atoms with E-state index in [4.69, 9.17) is 10.5 Å². The Kier molecular flexibility index (Phi) is 4.79. The van der Waals surface area contributed by atoms with Crippen molar-refractivity contribution in [2.24, 2.45) is 5.73 Å². The van der Waals surface area contributed by atoms with Crippen LogP contribution in [-0.2, 0) is 17.6 Å². The lowest BCUT2D eigenvalue weighted by Crippen LogP contribution is -2.20. The van der Waals surface area contributed by atoms with Gasteiger partial charge in [-0.3, -0.25) is 9.59 Å². The van der Waals surface area contributed by atoms with Crippen LogP contribution in [0.3, 0.4) is 0 Å². The Bertz CT molecular complexity index is 754. The summed E-state index contributed by atoms with van der Waals surface area (Å²) >= 11 is 0. The molecule has 3 N–H and O–H groups in total. The first-order valence-corrected chi connectivity index (χ1v) is 8.07. The van der Waals surface area contributed by atoms with Gasteiger partial charge in [-0.05, 0) is 67.1 Å². The molecule has 3 rings (SSSR count). The average Bonchev–Trinajstić information content (AvgIpc) is 2.60. The predicted octanol–water partition coefficient (Wildman–Crippen LogP) is 2.68. The highest BCUT2D eigenvalue weighted by atomic mass is 16.5. The van der Waals surface area contributed by atoms with Gasteiger partial charge in [0.05, 0.1) is 0 Å². The Morgan fingerprint density at radius 3 is 2.54 bits per heavy atom. The standard InChI is InChI=1S/C19H20N2O3/c20-18(22)12-24-15-10-8-14(9-11-15)19(23)21-17-7-3-5-13-4-1-2-6-16(13)17/h3,5,7-11H,1-2,4,6,12H2,(H2,20,22)(H,21,23). The number of carbonyl (C=O) groups excluding carboxylic acids is 2. The van der Waals surface area contributed by atoms with Gasteiger partial charge in [0.1, 0.15) is 5.75 Å². The highest BCUT2D eigenvalue weighted by molar-refractivity contribution is 6.04. The van der Waals surface area contributed by atoms with E-state index in [0.29, 0.717) is 11.3 Å².